The molecule has 0 spiro atoms. The Kier molecular flexibility index (Phi) is 9.15. The third-order valence-corrected chi connectivity index (χ3v) is 8.13. The number of rotatable bonds is 7. The number of likely N-dealkylation sites (tertiary alicyclic amines) is 1. The summed E-state index contributed by atoms with van der Waals surface area (Å²) < 4.78 is 40.7. The maximum Gasteiger partial charge on any atom is 0.253 e. The summed E-state index contributed by atoms with van der Waals surface area (Å²) >= 11 is 12.3. The number of piperidine rings is 1. The number of amides is 1. The molecular weight excluding hydrogens is 562 g/mol. The normalized spacial score (nSPS) is 17.3. The number of benzene rings is 2. The van der Waals surface area contributed by atoms with Gasteiger partial charge >= 0.3 is 0 Å². The van der Waals surface area contributed by atoms with E-state index < -0.39 is 23.4 Å². The lowest BCUT2D eigenvalue weighted by atomic mass is 10.0. The van der Waals surface area contributed by atoms with E-state index in [4.69, 9.17) is 23.2 Å². The first-order valence-electron chi connectivity index (χ1n) is 13.3. The van der Waals surface area contributed by atoms with Crippen molar-refractivity contribution in [1.29, 1.82) is 0 Å². The highest BCUT2D eigenvalue weighted by atomic mass is 35.5. The van der Waals surface area contributed by atoms with Crippen LogP contribution in [0.25, 0.3) is 0 Å². The molecule has 3 heterocycles. The summed E-state index contributed by atoms with van der Waals surface area (Å²) in [7, 11) is 0. The molecule has 0 bridgehead atoms. The summed E-state index contributed by atoms with van der Waals surface area (Å²) in [5.74, 6) is -1.85. The van der Waals surface area contributed by atoms with Gasteiger partial charge in [0, 0.05) is 63.5 Å². The fraction of sp³-hybridized carbons (Fsp3) is 0.379. The van der Waals surface area contributed by atoms with Crippen molar-refractivity contribution in [3.63, 3.8) is 0 Å². The van der Waals surface area contributed by atoms with Gasteiger partial charge in [0.15, 0.2) is 11.6 Å². The smallest absolute Gasteiger partial charge is 0.253 e. The number of carbonyl (C=O) groups excluding carboxylic acids is 1. The molecule has 0 aliphatic carbocycles. The minimum atomic E-state index is -0.817. The highest BCUT2D eigenvalue weighted by molar-refractivity contribution is 6.33. The van der Waals surface area contributed by atoms with E-state index in [-0.39, 0.29) is 7.97 Å². The summed E-state index contributed by atoms with van der Waals surface area (Å²) in [6.07, 6.45) is 3.53. The molecule has 6 nitrogen and oxygen atoms in total. The number of aromatic nitrogens is 1. The fourth-order valence-electron chi connectivity index (χ4n) is 5.37. The lowest BCUT2D eigenvalue weighted by molar-refractivity contribution is 0.0950. The number of nitrogens with one attached hydrogen (secondary N) is 1. The molecule has 2 aromatic carbocycles. The van der Waals surface area contributed by atoms with Gasteiger partial charge in [-0.25, -0.2) is 18.2 Å². The minimum absolute atomic E-state index is 0. The van der Waals surface area contributed by atoms with Gasteiger partial charge < -0.3 is 10.2 Å². The first-order valence-corrected chi connectivity index (χ1v) is 14.1. The Balaban J connectivity index is 0.00000387. The minimum Gasteiger partial charge on any atom is -0.353 e. The lowest BCUT2D eigenvalue weighted by Gasteiger charge is -2.43. The largest absolute Gasteiger partial charge is 0.353 e. The fourth-order valence-corrected chi connectivity index (χ4v) is 5.81. The second-order valence-corrected chi connectivity index (χ2v) is 11.1. The molecular formula is C29H32Cl2F3N5O. The number of anilines is 1. The number of hydrogen-bond acceptors (Lipinski definition) is 5. The summed E-state index contributed by atoms with van der Waals surface area (Å²) in [5, 5.41) is 3.38. The zero-order valence-corrected chi connectivity index (χ0v) is 23.4. The Morgan fingerprint density at radius 2 is 1.68 bits per heavy atom. The van der Waals surface area contributed by atoms with Crippen molar-refractivity contribution in [3.8, 4) is 0 Å². The van der Waals surface area contributed by atoms with Crippen molar-refractivity contribution < 1.29 is 19.4 Å². The molecule has 0 saturated carbocycles. The molecule has 5 rings (SSSR count). The second-order valence-electron chi connectivity index (χ2n) is 10.2. The third kappa shape index (κ3) is 6.89. The van der Waals surface area contributed by atoms with Crippen molar-refractivity contribution >= 4 is 34.9 Å². The van der Waals surface area contributed by atoms with Crippen LogP contribution in [0.1, 0.15) is 35.8 Å². The zero-order chi connectivity index (χ0) is 28.2. The molecule has 0 unspecified atom stereocenters. The van der Waals surface area contributed by atoms with Crippen LogP contribution < -0.4 is 10.2 Å². The van der Waals surface area contributed by atoms with E-state index in [0.29, 0.717) is 39.6 Å². The number of nitrogens with zero attached hydrogens (tertiary/aromatic N) is 4. The van der Waals surface area contributed by atoms with Gasteiger partial charge in [-0.3, -0.25) is 14.6 Å². The van der Waals surface area contributed by atoms with Crippen LogP contribution in [0.3, 0.4) is 0 Å². The van der Waals surface area contributed by atoms with Crippen molar-refractivity contribution in [2.75, 3.05) is 44.2 Å². The van der Waals surface area contributed by atoms with E-state index in [1.54, 1.807) is 18.2 Å². The van der Waals surface area contributed by atoms with E-state index in [1.165, 1.54) is 30.5 Å². The van der Waals surface area contributed by atoms with Gasteiger partial charge in [0.2, 0.25) is 0 Å². The van der Waals surface area contributed by atoms with Gasteiger partial charge in [-0.05, 0) is 61.8 Å². The highest BCUT2D eigenvalue weighted by Gasteiger charge is 2.28. The van der Waals surface area contributed by atoms with Crippen LogP contribution in [0, 0.1) is 17.5 Å². The Morgan fingerprint density at radius 3 is 2.35 bits per heavy atom. The van der Waals surface area contributed by atoms with Gasteiger partial charge in [0.25, 0.3) is 5.91 Å². The molecule has 214 valence electrons. The maximum atomic E-state index is 14.0. The molecule has 1 aromatic heterocycles. The molecule has 40 heavy (non-hydrogen) atoms. The van der Waals surface area contributed by atoms with Gasteiger partial charge in [-0.2, -0.15) is 0 Å². The van der Waals surface area contributed by atoms with Crippen molar-refractivity contribution in [2.24, 2.45) is 0 Å². The molecule has 2 aliphatic heterocycles. The topological polar surface area (TPSA) is 51.7 Å². The van der Waals surface area contributed by atoms with Crippen molar-refractivity contribution in [1.82, 2.24) is 20.1 Å². The van der Waals surface area contributed by atoms with Gasteiger partial charge in [-0.1, -0.05) is 35.3 Å². The molecule has 1 N–H and O–H groups in total. The SMILES string of the molecule is O=C(NCc1ccc(Cl)cc1F)c1cnc(N2CCN(C3CCN(Cc4ccc(F)c(F)c4)CC3)CC2)c(Cl)c1.[HH]. The van der Waals surface area contributed by atoms with Gasteiger partial charge in [0.05, 0.1) is 10.6 Å². The van der Waals surface area contributed by atoms with E-state index >= 15 is 0 Å². The van der Waals surface area contributed by atoms with Gasteiger partial charge in [-0.15, -0.1) is 0 Å². The quantitative estimate of drug-likeness (QED) is 0.377. The van der Waals surface area contributed by atoms with Crippen LogP contribution in [0.15, 0.2) is 48.7 Å². The standard InChI is InChI=1S/C29H30Cl2F3N5O.H2/c30-22-3-2-20(26(33)15-22)16-36-29(40)21-14-24(31)28(35-17-21)39-11-9-38(10-12-39)23-5-7-37(8-6-23)18-19-1-4-25(32)27(34)13-19;/h1-4,13-15,17,23H,5-12,16,18H2,(H,36,40);1H. The van der Waals surface area contributed by atoms with Crippen LogP contribution in [-0.2, 0) is 13.1 Å². The van der Waals surface area contributed by atoms with E-state index in [9.17, 15) is 18.0 Å². The summed E-state index contributed by atoms with van der Waals surface area (Å²) in [6, 6.07) is 10.5. The monoisotopic (exact) mass is 593 g/mol. The van der Waals surface area contributed by atoms with Crippen molar-refractivity contribution in [2.45, 2.75) is 32.0 Å². The second kappa shape index (κ2) is 12.8. The number of pyridine rings is 1. The summed E-state index contributed by atoms with van der Waals surface area (Å²) in [6.45, 7) is 5.74. The molecule has 11 heteroatoms. The van der Waals surface area contributed by atoms with E-state index in [1.807, 2.05) is 0 Å². The molecule has 2 fully saturated rings. The number of hydrogen-bond donors (Lipinski definition) is 1. The van der Waals surface area contributed by atoms with Crippen molar-refractivity contribution in [3.05, 3.63) is 92.8 Å². The molecule has 3 aromatic rings. The molecule has 2 saturated heterocycles. The Labute approximate surface area is 243 Å². The molecule has 0 radical (unpaired) electrons. The van der Waals surface area contributed by atoms with Gasteiger partial charge in [0.1, 0.15) is 11.6 Å². The lowest BCUT2D eigenvalue weighted by Crippen LogP contribution is -2.53. The Morgan fingerprint density at radius 1 is 0.925 bits per heavy atom. The average Bonchev–Trinajstić information content (AvgIpc) is 2.95. The summed E-state index contributed by atoms with van der Waals surface area (Å²) in [4.78, 5) is 24.0. The Bertz CT molecular complexity index is 1370. The van der Waals surface area contributed by atoms with E-state index in [2.05, 4.69) is 25.0 Å². The first-order chi connectivity index (χ1) is 19.3. The number of carbonyl (C=O) groups is 1. The molecule has 0 atom stereocenters. The average molecular weight is 595 g/mol. The molecule has 2 aliphatic rings. The predicted molar refractivity (Wildman–Crippen MR) is 152 cm³/mol. The Hall–Kier alpha value is -2.85. The van der Waals surface area contributed by atoms with Crippen LogP contribution in [0.4, 0.5) is 19.0 Å². The number of piperazine rings is 1. The zero-order valence-electron chi connectivity index (χ0n) is 21.9. The van der Waals surface area contributed by atoms with Crippen LogP contribution in [-0.4, -0.2) is 66.0 Å². The third-order valence-electron chi connectivity index (χ3n) is 7.62. The molecule has 1 amide bonds. The van der Waals surface area contributed by atoms with Crippen LogP contribution in [0.5, 0.6) is 0 Å². The van der Waals surface area contributed by atoms with Crippen LogP contribution in [0.2, 0.25) is 10.0 Å². The highest BCUT2D eigenvalue weighted by Crippen LogP contribution is 2.27. The predicted octanol–water partition coefficient (Wildman–Crippen LogP) is 5.77. The van der Waals surface area contributed by atoms with E-state index in [0.717, 1.165) is 57.7 Å². The number of halogens is 5. The van der Waals surface area contributed by atoms with Crippen LogP contribution >= 0.6 is 23.2 Å². The first kappa shape index (κ1) is 28.7. The maximum absolute atomic E-state index is 14.0. The summed E-state index contributed by atoms with van der Waals surface area (Å²) in [5.41, 5.74) is 1.42.